The summed E-state index contributed by atoms with van der Waals surface area (Å²) in [4.78, 5) is 14.5. The maximum absolute atomic E-state index is 12.5. The molecule has 1 aliphatic heterocycles. The molecule has 3 rings (SSSR count). The predicted octanol–water partition coefficient (Wildman–Crippen LogP) is 2.63. The summed E-state index contributed by atoms with van der Waals surface area (Å²) < 4.78 is 30.1. The third-order valence-electron chi connectivity index (χ3n) is 4.91. The molecule has 2 heterocycles. The summed E-state index contributed by atoms with van der Waals surface area (Å²) in [5, 5.41) is 0. The Morgan fingerprint density at radius 1 is 1.15 bits per heavy atom. The van der Waals surface area contributed by atoms with Crippen molar-refractivity contribution < 1.29 is 8.42 Å². The van der Waals surface area contributed by atoms with E-state index in [9.17, 15) is 13.2 Å². The molecule has 1 N–H and O–H groups in total. The first-order valence-corrected chi connectivity index (χ1v) is 11.7. The Labute approximate surface area is 158 Å². The Hall–Kier alpha value is -1.22. The van der Waals surface area contributed by atoms with Gasteiger partial charge in [0.1, 0.15) is 0 Å². The van der Waals surface area contributed by atoms with E-state index in [1.165, 1.54) is 25.7 Å². The summed E-state index contributed by atoms with van der Waals surface area (Å²) >= 11 is 1.09. The first-order valence-electron chi connectivity index (χ1n) is 9.36. The van der Waals surface area contributed by atoms with Crippen molar-refractivity contribution in [2.75, 3.05) is 26.2 Å². The normalized spacial score (nSPS) is 16.8. The summed E-state index contributed by atoms with van der Waals surface area (Å²) in [6, 6.07) is 4.91. The van der Waals surface area contributed by atoms with Crippen molar-refractivity contribution in [3.8, 4) is 0 Å². The van der Waals surface area contributed by atoms with E-state index in [0.29, 0.717) is 17.8 Å². The van der Waals surface area contributed by atoms with Gasteiger partial charge in [-0.05, 0) is 64.0 Å². The van der Waals surface area contributed by atoms with Crippen molar-refractivity contribution in [2.45, 2.75) is 50.5 Å². The smallest absolute Gasteiger partial charge is 0.303 e. The van der Waals surface area contributed by atoms with Gasteiger partial charge in [-0.3, -0.25) is 9.36 Å². The number of benzene rings is 1. The van der Waals surface area contributed by atoms with Crippen LogP contribution in [0.4, 0.5) is 0 Å². The highest BCUT2D eigenvalue weighted by molar-refractivity contribution is 7.89. The second-order valence-electron chi connectivity index (χ2n) is 6.75. The van der Waals surface area contributed by atoms with Crippen molar-refractivity contribution in [3.63, 3.8) is 0 Å². The van der Waals surface area contributed by atoms with Crippen molar-refractivity contribution in [3.05, 3.63) is 27.9 Å². The van der Waals surface area contributed by atoms with Gasteiger partial charge >= 0.3 is 4.87 Å². The number of rotatable bonds is 7. The van der Waals surface area contributed by atoms with Crippen LogP contribution in [-0.4, -0.2) is 44.1 Å². The van der Waals surface area contributed by atoms with Crippen LogP contribution in [0.5, 0.6) is 0 Å². The molecule has 0 spiro atoms. The monoisotopic (exact) mass is 397 g/mol. The number of likely N-dealkylation sites (tertiary alicyclic amines) is 1. The van der Waals surface area contributed by atoms with Crippen LogP contribution in [0.3, 0.4) is 0 Å². The second-order valence-corrected chi connectivity index (χ2v) is 9.51. The fourth-order valence-corrected chi connectivity index (χ4v) is 5.63. The summed E-state index contributed by atoms with van der Waals surface area (Å²) in [7, 11) is -3.55. The van der Waals surface area contributed by atoms with Gasteiger partial charge in [0.2, 0.25) is 10.0 Å². The molecule has 6 nitrogen and oxygen atoms in total. The Morgan fingerprint density at radius 3 is 2.58 bits per heavy atom. The van der Waals surface area contributed by atoms with Crippen LogP contribution in [-0.2, 0) is 16.6 Å². The number of nitrogens with one attached hydrogen (secondary N) is 1. The third-order valence-corrected chi connectivity index (χ3v) is 7.31. The zero-order valence-electron chi connectivity index (χ0n) is 15.2. The summed E-state index contributed by atoms with van der Waals surface area (Å²) in [5.41, 5.74) is 0.794. The number of hydrogen-bond acceptors (Lipinski definition) is 5. The largest absolute Gasteiger partial charge is 0.308 e. The van der Waals surface area contributed by atoms with Gasteiger partial charge in [0, 0.05) is 13.1 Å². The molecule has 0 bridgehead atoms. The molecule has 1 aromatic heterocycles. The molecule has 1 saturated heterocycles. The van der Waals surface area contributed by atoms with E-state index in [-0.39, 0.29) is 9.77 Å². The molecule has 0 atom stereocenters. The number of fused-ring (bicyclic) bond motifs is 1. The zero-order valence-corrected chi connectivity index (χ0v) is 16.9. The van der Waals surface area contributed by atoms with Crippen LogP contribution in [0.2, 0.25) is 0 Å². The van der Waals surface area contributed by atoms with Gasteiger partial charge in [-0.1, -0.05) is 24.2 Å². The molecule has 0 unspecified atom stereocenters. The van der Waals surface area contributed by atoms with E-state index in [1.807, 2.05) is 6.92 Å². The van der Waals surface area contributed by atoms with Crippen LogP contribution in [0.25, 0.3) is 10.2 Å². The topological polar surface area (TPSA) is 71.4 Å². The fraction of sp³-hybridized carbons (Fsp3) is 0.611. The quantitative estimate of drug-likeness (QED) is 0.729. The number of nitrogens with zero attached hydrogens (tertiary/aromatic N) is 2. The predicted molar refractivity (Wildman–Crippen MR) is 106 cm³/mol. The number of sulfonamides is 1. The summed E-state index contributed by atoms with van der Waals surface area (Å²) in [6.07, 6.45) is 5.90. The van der Waals surface area contributed by atoms with Gasteiger partial charge in [0.25, 0.3) is 0 Å². The standard InChI is InChI=1S/C18H27N3O3S2/c1-2-21-16-9-8-15(14-17(16)25-18(21)22)26(23,24)19-10-7-13-20-11-5-3-4-6-12-20/h8-9,14,19H,2-7,10-13H2,1H3. The Balaban J connectivity index is 1.60. The number of thiazole rings is 1. The lowest BCUT2D eigenvalue weighted by Crippen LogP contribution is -2.30. The Morgan fingerprint density at radius 2 is 1.88 bits per heavy atom. The van der Waals surface area contributed by atoms with E-state index in [2.05, 4.69) is 9.62 Å². The molecular weight excluding hydrogens is 370 g/mol. The Bertz CT molecular complexity index is 894. The molecule has 144 valence electrons. The molecule has 0 radical (unpaired) electrons. The molecule has 0 saturated carbocycles. The first kappa shape index (κ1) is 19.5. The lowest BCUT2D eigenvalue weighted by Gasteiger charge is -2.19. The fourth-order valence-electron chi connectivity index (χ4n) is 3.47. The summed E-state index contributed by atoms with van der Waals surface area (Å²) in [5.74, 6) is 0. The van der Waals surface area contributed by atoms with Crippen molar-refractivity contribution in [1.29, 1.82) is 0 Å². The van der Waals surface area contributed by atoms with Gasteiger partial charge in [0.05, 0.1) is 15.1 Å². The molecule has 1 aromatic carbocycles. The highest BCUT2D eigenvalue weighted by Gasteiger charge is 2.16. The molecule has 1 fully saturated rings. The summed E-state index contributed by atoms with van der Waals surface area (Å²) in [6.45, 7) is 6.10. The minimum atomic E-state index is -3.55. The van der Waals surface area contributed by atoms with Crippen molar-refractivity contribution >= 4 is 31.6 Å². The molecule has 2 aromatic rings. The lowest BCUT2D eigenvalue weighted by molar-refractivity contribution is 0.282. The van der Waals surface area contributed by atoms with Gasteiger partial charge < -0.3 is 4.90 Å². The second kappa shape index (κ2) is 8.65. The molecule has 8 heteroatoms. The lowest BCUT2D eigenvalue weighted by atomic mass is 10.2. The maximum atomic E-state index is 12.5. The van der Waals surface area contributed by atoms with Crippen LogP contribution < -0.4 is 9.60 Å². The van der Waals surface area contributed by atoms with Gasteiger partial charge in [-0.15, -0.1) is 0 Å². The minimum absolute atomic E-state index is 0.0533. The van der Waals surface area contributed by atoms with Crippen molar-refractivity contribution in [2.24, 2.45) is 0 Å². The van der Waals surface area contributed by atoms with E-state index in [0.717, 1.165) is 42.9 Å². The SMILES string of the molecule is CCn1c(=O)sc2cc(S(=O)(=O)NCCCN3CCCCCC3)ccc21. The Kier molecular flexibility index (Phi) is 6.50. The van der Waals surface area contributed by atoms with E-state index in [4.69, 9.17) is 0 Å². The minimum Gasteiger partial charge on any atom is -0.303 e. The molecule has 0 aliphatic carbocycles. The first-order chi connectivity index (χ1) is 12.5. The molecular formula is C18H27N3O3S2. The third kappa shape index (κ3) is 4.54. The average Bonchev–Trinajstić information content (AvgIpc) is 2.77. The van der Waals surface area contributed by atoms with E-state index in [1.54, 1.807) is 22.8 Å². The molecule has 26 heavy (non-hydrogen) atoms. The van der Waals surface area contributed by atoms with Crippen molar-refractivity contribution in [1.82, 2.24) is 14.2 Å². The number of aromatic nitrogens is 1. The average molecular weight is 398 g/mol. The van der Waals surface area contributed by atoms with E-state index < -0.39 is 10.0 Å². The maximum Gasteiger partial charge on any atom is 0.308 e. The highest BCUT2D eigenvalue weighted by atomic mass is 32.2. The van der Waals surface area contributed by atoms with E-state index >= 15 is 0 Å². The number of aryl methyl sites for hydroxylation is 1. The molecule has 1 aliphatic rings. The van der Waals surface area contributed by atoms with Gasteiger partial charge in [-0.25, -0.2) is 13.1 Å². The van der Waals surface area contributed by atoms with Crippen LogP contribution in [0.1, 0.15) is 39.0 Å². The van der Waals surface area contributed by atoms with Gasteiger partial charge in [0.15, 0.2) is 0 Å². The van der Waals surface area contributed by atoms with Crippen LogP contribution in [0.15, 0.2) is 27.9 Å². The molecule has 0 amide bonds. The zero-order chi connectivity index (χ0) is 18.6. The van der Waals surface area contributed by atoms with Crippen LogP contribution >= 0.6 is 11.3 Å². The van der Waals surface area contributed by atoms with Gasteiger partial charge in [-0.2, -0.15) is 0 Å². The highest BCUT2D eigenvalue weighted by Crippen LogP contribution is 2.21. The number of hydrogen-bond donors (Lipinski definition) is 1. The van der Waals surface area contributed by atoms with Crippen LogP contribution in [0, 0.1) is 0 Å².